The van der Waals surface area contributed by atoms with Gasteiger partial charge in [0, 0.05) is 12.6 Å². The molecular weight excluding hydrogens is 281 g/mol. The number of carbonyl (C=O) groups excluding carboxylic acids is 1. The first-order chi connectivity index (χ1) is 9.54. The molecule has 0 radical (unpaired) electrons. The van der Waals surface area contributed by atoms with Gasteiger partial charge < -0.3 is 11.1 Å². The second-order valence-electron chi connectivity index (χ2n) is 7.25. The first-order valence-corrected chi connectivity index (χ1v) is 7.62. The summed E-state index contributed by atoms with van der Waals surface area (Å²) in [7, 11) is 0. The Balaban J connectivity index is 2.70. The molecule has 1 rings (SSSR count). The van der Waals surface area contributed by atoms with Crippen molar-refractivity contribution in [3.8, 4) is 0 Å². The second-order valence-corrected chi connectivity index (χ2v) is 7.25. The topological polar surface area (TPSA) is 55.1 Å². The third-order valence-electron chi connectivity index (χ3n) is 4.03. The van der Waals surface area contributed by atoms with E-state index in [0.29, 0.717) is 19.3 Å². The lowest BCUT2D eigenvalue weighted by Crippen LogP contribution is -2.50. The van der Waals surface area contributed by atoms with Crippen molar-refractivity contribution in [2.45, 2.75) is 65.1 Å². The van der Waals surface area contributed by atoms with Gasteiger partial charge in [-0.15, -0.1) is 0 Å². The zero-order chi connectivity index (χ0) is 16.3. The number of hydrogen-bond acceptors (Lipinski definition) is 2. The Morgan fingerprint density at radius 3 is 2.29 bits per heavy atom. The maximum atomic E-state index is 13.0. The van der Waals surface area contributed by atoms with Gasteiger partial charge >= 0.3 is 6.18 Å². The summed E-state index contributed by atoms with van der Waals surface area (Å²) in [4.78, 5) is 12.2. The van der Waals surface area contributed by atoms with Gasteiger partial charge in [0.05, 0.1) is 11.8 Å². The van der Waals surface area contributed by atoms with Crippen LogP contribution in [0, 0.1) is 17.3 Å². The molecule has 1 aliphatic carbocycles. The van der Waals surface area contributed by atoms with Crippen LogP contribution >= 0.6 is 0 Å². The van der Waals surface area contributed by atoms with E-state index in [9.17, 15) is 18.0 Å². The molecule has 0 spiro atoms. The minimum Gasteiger partial charge on any atom is -0.352 e. The number of hydrogen-bond donors (Lipinski definition) is 2. The molecule has 0 aliphatic heterocycles. The molecule has 3 atom stereocenters. The van der Waals surface area contributed by atoms with Crippen LogP contribution < -0.4 is 11.1 Å². The van der Waals surface area contributed by atoms with Crippen molar-refractivity contribution in [3.05, 3.63) is 0 Å². The highest BCUT2D eigenvalue weighted by molar-refractivity contribution is 5.79. The van der Waals surface area contributed by atoms with Crippen LogP contribution in [0.5, 0.6) is 0 Å². The molecule has 6 heteroatoms. The summed E-state index contributed by atoms with van der Waals surface area (Å²) in [5.74, 6) is -2.20. The third kappa shape index (κ3) is 5.85. The van der Waals surface area contributed by atoms with E-state index in [1.54, 1.807) is 0 Å². The van der Waals surface area contributed by atoms with Crippen molar-refractivity contribution in [3.63, 3.8) is 0 Å². The summed E-state index contributed by atoms with van der Waals surface area (Å²) in [5, 5.41) is 2.61. The van der Waals surface area contributed by atoms with Gasteiger partial charge in [0.1, 0.15) is 0 Å². The highest BCUT2D eigenvalue weighted by atomic mass is 19.4. The number of amides is 1. The molecule has 3 nitrogen and oxygen atoms in total. The lowest BCUT2D eigenvalue weighted by Gasteiger charge is -2.35. The van der Waals surface area contributed by atoms with Gasteiger partial charge in [0.2, 0.25) is 5.91 Å². The highest BCUT2D eigenvalue weighted by Crippen LogP contribution is 2.38. The summed E-state index contributed by atoms with van der Waals surface area (Å²) in [6.45, 7) is 6.12. The number of rotatable bonds is 4. The van der Waals surface area contributed by atoms with Crippen molar-refractivity contribution in [1.82, 2.24) is 5.32 Å². The van der Waals surface area contributed by atoms with Crippen molar-refractivity contribution in [2.75, 3.05) is 6.54 Å². The van der Waals surface area contributed by atoms with Crippen LogP contribution in [0.2, 0.25) is 0 Å². The van der Waals surface area contributed by atoms with Crippen LogP contribution in [0.4, 0.5) is 13.2 Å². The lowest BCUT2D eigenvalue weighted by molar-refractivity contribution is -0.189. The summed E-state index contributed by atoms with van der Waals surface area (Å²) in [5.41, 5.74) is 5.54. The number of nitrogens with one attached hydrogen (secondary N) is 1. The Morgan fingerprint density at radius 2 is 1.81 bits per heavy atom. The Hall–Kier alpha value is -0.780. The fraction of sp³-hybridized carbons (Fsp3) is 0.933. The van der Waals surface area contributed by atoms with E-state index >= 15 is 0 Å². The molecule has 0 aromatic heterocycles. The molecule has 1 aliphatic rings. The normalized spacial score (nSPS) is 25.5. The number of halogens is 3. The predicted molar refractivity (Wildman–Crippen MR) is 76.6 cm³/mol. The van der Waals surface area contributed by atoms with Gasteiger partial charge in [0.15, 0.2) is 0 Å². The van der Waals surface area contributed by atoms with Gasteiger partial charge in [0.25, 0.3) is 0 Å². The monoisotopic (exact) mass is 308 g/mol. The maximum absolute atomic E-state index is 13.0. The molecule has 1 saturated carbocycles. The van der Waals surface area contributed by atoms with E-state index in [-0.39, 0.29) is 24.3 Å². The Bertz CT molecular complexity index is 350. The average Bonchev–Trinajstić information content (AvgIpc) is 2.34. The molecule has 3 unspecified atom stereocenters. The summed E-state index contributed by atoms with van der Waals surface area (Å²) < 4.78 is 39.1. The second kappa shape index (κ2) is 6.99. The first-order valence-electron chi connectivity index (χ1n) is 7.62. The van der Waals surface area contributed by atoms with E-state index in [2.05, 4.69) is 5.32 Å². The number of alkyl halides is 3. The van der Waals surface area contributed by atoms with Crippen molar-refractivity contribution in [2.24, 2.45) is 23.0 Å². The van der Waals surface area contributed by atoms with Crippen LogP contribution in [0.25, 0.3) is 0 Å². The molecular formula is C15H27F3N2O. The molecule has 0 heterocycles. The molecule has 0 bridgehead atoms. The molecule has 0 aromatic rings. The Morgan fingerprint density at radius 1 is 1.24 bits per heavy atom. The van der Waals surface area contributed by atoms with Crippen LogP contribution in [-0.2, 0) is 4.79 Å². The zero-order valence-electron chi connectivity index (χ0n) is 13.1. The molecule has 3 N–H and O–H groups in total. The third-order valence-corrected chi connectivity index (χ3v) is 4.03. The molecule has 1 amide bonds. The molecule has 1 fully saturated rings. The minimum absolute atomic E-state index is 0.0859. The van der Waals surface area contributed by atoms with Gasteiger partial charge in [-0.05, 0) is 24.7 Å². The van der Waals surface area contributed by atoms with Crippen LogP contribution in [0.3, 0.4) is 0 Å². The average molecular weight is 308 g/mol. The minimum atomic E-state index is -4.25. The number of carbonyl (C=O) groups is 1. The van der Waals surface area contributed by atoms with Crippen LogP contribution in [0.1, 0.15) is 52.9 Å². The molecule has 0 aromatic carbocycles. The summed E-state index contributed by atoms with van der Waals surface area (Å²) >= 11 is 0. The van der Waals surface area contributed by atoms with Gasteiger partial charge in [-0.1, -0.05) is 33.6 Å². The fourth-order valence-electron chi connectivity index (χ4n) is 3.02. The maximum Gasteiger partial charge on any atom is 0.393 e. The van der Waals surface area contributed by atoms with E-state index in [4.69, 9.17) is 5.73 Å². The fourth-order valence-corrected chi connectivity index (χ4v) is 3.02. The zero-order valence-corrected chi connectivity index (χ0v) is 13.1. The van der Waals surface area contributed by atoms with E-state index in [0.717, 1.165) is 6.42 Å². The van der Waals surface area contributed by atoms with E-state index in [1.807, 2.05) is 20.8 Å². The largest absolute Gasteiger partial charge is 0.393 e. The smallest absolute Gasteiger partial charge is 0.352 e. The SMILES string of the molecule is CC(C)(C)CC(CN)C(=O)NC1CCCCC1C(F)(F)F. The summed E-state index contributed by atoms with van der Waals surface area (Å²) in [6, 6.07) is -0.805. The predicted octanol–water partition coefficient (Wildman–Crippen LogP) is 3.23. The van der Waals surface area contributed by atoms with Crippen molar-refractivity contribution >= 4 is 5.91 Å². The molecule has 21 heavy (non-hydrogen) atoms. The Kier molecular flexibility index (Phi) is 6.08. The van der Waals surface area contributed by atoms with E-state index < -0.39 is 24.1 Å². The quantitative estimate of drug-likeness (QED) is 0.837. The van der Waals surface area contributed by atoms with Crippen LogP contribution in [0.15, 0.2) is 0 Å². The van der Waals surface area contributed by atoms with Crippen molar-refractivity contribution < 1.29 is 18.0 Å². The van der Waals surface area contributed by atoms with E-state index in [1.165, 1.54) is 0 Å². The lowest BCUT2D eigenvalue weighted by atomic mass is 9.82. The van der Waals surface area contributed by atoms with Crippen LogP contribution in [-0.4, -0.2) is 24.7 Å². The Labute approximate surface area is 124 Å². The molecule has 124 valence electrons. The number of nitrogens with two attached hydrogens (primary N) is 1. The first kappa shape index (κ1) is 18.3. The highest BCUT2D eigenvalue weighted by Gasteiger charge is 2.46. The van der Waals surface area contributed by atoms with Gasteiger partial charge in [-0.3, -0.25) is 4.79 Å². The standard InChI is InChI=1S/C15H27F3N2O/c1-14(2,3)8-10(9-19)13(21)20-12-7-5-4-6-11(12)15(16,17)18/h10-12H,4-9,19H2,1-3H3,(H,20,21). The summed E-state index contributed by atoms with van der Waals surface area (Å²) in [6.07, 6.45) is -1.90. The molecule has 0 saturated heterocycles. The van der Waals surface area contributed by atoms with Gasteiger partial charge in [-0.25, -0.2) is 0 Å². The van der Waals surface area contributed by atoms with Gasteiger partial charge in [-0.2, -0.15) is 13.2 Å². The van der Waals surface area contributed by atoms with Crippen molar-refractivity contribution in [1.29, 1.82) is 0 Å².